The first kappa shape index (κ1) is 8.83. The highest BCUT2D eigenvalue weighted by molar-refractivity contribution is 9.07. The predicted molar refractivity (Wildman–Crippen MR) is 24.9 cm³/mol. The first-order chi connectivity index (χ1) is 2.00. The van der Waals surface area contributed by atoms with Crippen molar-refractivity contribution in [2.24, 2.45) is 4.76 Å². The van der Waals surface area contributed by atoms with Gasteiger partial charge in [-0.2, -0.15) is 0 Å². The quantitative estimate of drug-likeness (QED) is 0.402. The maximum Gasteiger partial charge on any atom is 0.0108 e. The van der Waals surface area contributed by atoms with Gasteiger partial charge in [0.25, 0.3) is 0 Å². The van der Waals surface area contributed by atoms with Crippen molar-refractivity contribution in [3.63, 3.8) is 0 Å². The van der Waals surface area contributed by atoms with Crippen molar-refractivity contribution in [3.8, 4) is 0 Å². The summed E-state index contributed by atoms with van der Waals surface area (Å²) in [5.74, 6) is 0. The molecule has 0 saturated carbocycles. The minimum absolute atomic E-state index is 1.47. The van der Waals surface area contributed by atoms with E-state index in [4.69, 9.17) is 0 Å². The fourth-order valence-corrected chi connectivity index (χ4v) is 0. The van der Waals surface area contributed by atoms with Crippen molar-refractivity contribution in [2.75, 3.05) is 6.38 Å². The SMILES string of the molecule is CCl.NBr. The molecule has 28 valence electrons. The molecule has 0 atom stereocenters. The number of hydrogen-bond donors (Lipinski definition) is 1. The van der Waals surface area contributed by atoms with E-state index in [9.17, 15) is 0 Å². The van der Waals surface area contributed by atoms with E-state index >= 15 is 0 Å². The molecule has 1 nitrogen and oxygen atoms in total. The molecule has 0 bridgehead atoms. The average molecular weight is 146 g/mol. The molecular weight excluding hydrogens is 141 g/mol. The Labute approximate surface area is 39.5 Å². The van der Waals surface area contributed by atoms with Crippen LogP contribution in [0.15, 0.2) is 0 Å². The third kappa shape index (κ3) is 15.3. The lowest BCUT2D eigenvalue weighted by Crippen LogP contribution is -1.45. The van der Waals surface area contributed by atoms with E-state index in [2.05, 4.69) is 32.5 Å². The monoisotopic (exact) mass is 145 g/mol. The Kier molecular flexibility index (Phi) is 115. The molecule has 0 amide bonds. The second-order valence-corrected chi connectivity index (χ2v) is 0. The van der Waals surface area contributed by atoms with Crippen LogP contribution in [0.3, 0.4) is 0 Å². The first-order valence-corrected chi connectivity index (χ1v) is 2.27. The lowest BCUT2D eigenvalue weighted by atomic mass is 12.0. The van der Waals surface area contributed by atoms with Gasteiger partial charge in [-0.15, -0.1) is 11.6 Å². The number of hydrogen-bond acceptors (Lipinski definition) is 1. The van der Waals surface area contributed by atoms with Crippen molar-refractivity contribution in [3.05, 3.63) is 0 Å². The van der Waals surface area contributed by atoms with Crippen LogP contribution < -0.4 is 4.76 Å². The number of halogens is 2. The van der Waals surface area contributed by atoms with Crippen molar-refractivity contribution in [2.45, 2.75) is 0 Å². The fourth-order valence-electron chi connectivity index (χ4n) is 0. The van der Waals surface area contributed by atoms with Crippen LogP contribution in [0.4, 0.5) is 0 Å². The Morgan fingerprint density at radius 3 is 1.50 bits per heavy atom. The summed E-state index contributed by atoms with van der Waals surface area (Å²) in [5, 5.41) is 0. The Hall–Kier alpha value is 0.730. The van der Waals surface area contributed by atoms with Gasteiger partial charge >= 0.3 is 0 Å². The van der Waals surface area contributed by atoms with Gasteiger partial charge in [-0.25, -0.2) is 0 Å². The first-order valence-electron chi connectivity index (χ1n) is 0.596. The topological polar surface area (TPSA) is 26.0 Å². The zero-order valence-corrected chi connectivity index (χ0v) is 4.68. The average Bonchev–Trinajstić information content (AvgIpc) is 1.50. The molecule has 3 heteroatoms. The second kappa shape index (κ2) is 52.2. The molecule has 0 saturated heterocycles. The summed E-state index contributed by atoms with van der Waals surface area (Å²) in [6, 6.07) is 0. The number of alkyl halides is 1. The smallest absolute Gasteiger partial charge is 0.0108 e. The van der Waals surface area contributed by atoms with Crippen molar-refractivity contribution >= 4 is 27.7 Å². The highest BCUT2D eigenvalue weighted by Crippen LogP contribution is 1.34. The highest BCUT2D eigenvalue weighted by Gasteiger charge is 0.943. The van der Waals surface area contributed by atoms with Crippen LogP contribution in [0.5, 0.6) is 0 Å². The van der Waals surface area contributed by atoms with Crippen LogP contribution in [0.2, 0.25) is 0 Å². The molecule has 0 fully saturated rings. The minimum atomic E-state index is 1.47. The highest BCUT2D eigenvalue weighted by atomic mass is 79.9. The van der Waals surface area contributed by atoms with Crippen molar-refractivity contribution in [1.82, 2.24) is 0 Å². The summed E-state index contributed by atoms with van der Waals surface area (Å²) in [7, 11) is 0. The molecular formula is CH5BrClN. The van der Waals surface area contributed by atoms with Gasteiger partial charge < -0.3 is 0 Å². The van der Waals surface area contributed by atoms with Crippen molar-refractivity contribution in [1.29, 1.82) is 0 Å². The Morgan fingerprint density at radius 1 is 1.50 bits per heavy atom. The van der Waals surface area contributed by atoms with E-state index in [1.807, 2.05) is 0 Å². The van der Waals surface area contributed by atoms with Gasteiger partial charge in [-0.3, -0.25) is 4.76 Å². The summed E-state index contributed by atoms with van der Waals surface area (Å²) >= 11 is 7.08. The normalized spacial score (nSPS) is 3.00. The summed E-state index contributed by atoms with van der Waals surface area (Å²) in [6.45, 7) is 0. The van der Waals surface area contributed by atoms with E-state index in [0.717, 1.165) is 0 Å². The molecule has 0 radical (unpaired) electrons. The summed E-state index contributed by atoms with van der Waals surface area (Å²) in [5.41, 5.74) is 0. The molecule has 0 aromatic rings. The standard InChI is InChI=1S/CH3Cl.BrH2N/c2*1-2/h1H3;2H2. The van der Waals surface area contributed by atoms with Crippen LogP contribution >= 0.6 is 27.7 Å². The number of rotatable bonds is 0. The van der Waals surface area contributed by atoms with Crippen LogP contribution in [0, 0.1) is 0 Å². The van der Waals surface area contributed by atoms with E-state index in [-0.39, 0.29) is 0 Å². The summed E-state index contributed by atoms with van der Waals surface area (Å²) < 4.78 is 4.31. The van der Waals surface area contributed by atoms with Crippen LogP contribution in [0.1, 0.15) is 0 Å². The second-order valence-electron chi connectivity index (χ2n) is 0. The van der Waals surface area contributed by atoms with Crippen LogP contribution in [0.25, 0.3) is 0 Å². The lowest BCUT2D eigenvalue weighted by Gasteiger charge is -1.14. The van der Waals surface area contributed by atoms with E-state index in [1.54, 1.807) is 0 Å². The fraction of sp³-hybridized carbons (Fsp3) is 1.00. The number of nitrogens with two attached hydrogens (primary N) is 1. The molecule has 0 spiro atoms. The van der Waals surface area contributed by atoms with Gasteiger partial charge in [0.05, 0.1) is 0 Å². The molecule has 0 heterocycles. The zero-order valence-electron chi connectivity index (χ0n) is 2.33. The minimum Gasteiger partial charge on any atom is -0.270 e. The van der Waals surface area contributed by atoms with E-state index < -0.39 is 0 Å². The van der Waals surface area contributed by atoms with Crippen molar-refractivity contribution < 1.29 is 0 Å². The Morgan fingerprint density at radius 2 is 1.50 bits per heavy atom. The molecule has 0 aromatic carbocycles. The molecule has 0 aliphatic carbocycles. The summed E-state index contributed by atoms with van der Waals surface area (Å²) in [4.78, 5) is 0. The molecule has 2 N–H and O–H groups in total. The zero-order chi connectivity index (χ0) is 4.00. The predicted octanol–water partition coefficient (Wildman–Crippen LogP) is 1.11. The molecule has 0 unspecified atom stereocenters. The lowest BCUT2D eigenvalue weighted by molar-refractivity contribution is 2.12. The Bertz CT molecular complexity index is 8.00. The third-order valence-corrected chi connectivity index (χ3v) is 0. The van der Waals surface area contributed by atoms with Crippen LogP contribution in [-0.4, -0.2) is 6.38 Å². The molecule has 4 heavy (non-hydrogen) atoms. The van der Waals surface area contributed by atoms with Gasteiger partial charge in [-0.05, 0) is 0 Å². The van der Waals surface area contributed by atoms with Gasteiger partial charge in [0, 0.05) is 22.5 Å². The van der Waals surface area contributed by atoms with Gasteiger partial charge in [0.1, 0.15) is 0 Å². The van der Waals surface area contributed by atoms with Gasteiger partial charge in [-0.1, -0.05) is 0 Å². The van der Waals surface area contributed by atoms with E-state index in [0.29, 0.717) is 0 Å². The molecule has 0 aromatic heterocycles. The van der Waals surface area contributed by atoms with E-state index in [1.165, 1.54) is 6.38 Å². The Balaban J connectivity index is 0. The maximum absolute atomic E-state index is 4.64. The summed E-state index contributed by atoms with van der Waals surface area (Å²) in [6.07, 6.45) is 1.47. The van der Waals surface area contributed by atoms with Gasteiger partial charge in [0.2, 0.25) is 0 Å². The van der Waals surface area contributed by atoms with Crippen LogP contribution in [-0.2, 0) is 0 Å². The molecule has 0 aliphatic rings. The van der Waals surface area contributed by atoms with Gasteiger partial charge in [0.15, 0.2) is 0 Å². The third-order valence-electron chi connectivity index (χ3n) is 0. The maximum atomic E-state index is 4.64. The molecule has 0 aliphatic heterocycles. The molecule has 0 rings (SSSR count). The largest absolute Gasteiger partial charge is 0.270 e.